The third-order valence-electron chi connectivity index (χ3n) is 3.13. The molecule has 2 saturated heterocycles. The summed E-state index contributed by atoms with van der Waals surface area (Å²) in [5, 5.41) is 3.46. The molecule has 2 aliphatic rings. The van der Waals surface area contributed by atoms with Crippen LogP contribution >= 0.6 is 12.4 Å². The van der Waals surface area contributed by atoms with Gasteiger partial charge < -0.3 is 4.74 Å². The van der Waals surface area contributed by atoms with E-state index in [1.807, 2.05) is 0 Å². The van der Waals surface area contributed by atoms with Gasteiger partial charge in [0.1, 0.15) is 6.23 Å². The summed E-state index contributed by atoms with van der Waals surface area (Å²) in [6.07, 6.45) is 4.09. The maximum atomic E-state index is 5.74. The monoisotopic (exact) mass is 220 g/mol. The lowest BCUT2D eigenvalue weighted by molar-refractivity contribution is -0.0438. The Bertz CT molecular complexity index is 162. The summed E-state index contributed by atoms with van der Waals surface area (Å²) in [4.78, 5) is 2.53. The molecule has 2 heterocycles. The summed E-state index contributed by atoms with van der Waals surface area (Å²) in [5.74, 6) is 0. The van der Waals surface area contributed by atoms with Crippen LogP contribution in [0.3, 0.4) is 0 Å². The van der Waals surface area contributed by atoms with Gasteiger partial charge in [-0.05, 0) is 38.9 Å². The van der Waals surface area contributed by atoms with Crippen molar-refractivity contribution in [1.82, 2.24) is 10.2 Å². The molecule has 2 unspecified atom stereocenters. The van der Waals surface area contributed by atoms with Crippen LogP contribution in [0.4, 0.5) is 0 Å². The number of likely N-dealkylation sites (tertiary alicyclic amines) is 1. The Morgan fingerprint density at radius 3 is 2.93 bits per heavy atom. The summed E-state index contributed by atoms with van der Waals surface area (Å²) in [7, 11) is 0. The third-order valence-corrected chi connectivity index (χ3v) is 3.13. The van der Waals surface area contributed by atoms with E-state index < -0.39 is 0 Å². The van der Waals surface area contributed by atoms with Crippen LogP contribution in [0.2, 0.25) is 0 Å². The summed E-state index contributed by atoms with van der Waals surface area (Å²) in [6, 6.07) is 0.630. The minimum Gasteiger partial charge on any atom is -0.362 e. The highest BCUT2D eigenvalue weighted by Crippen LogP contribution is 2.21. The van der Waals surface area contributed by atoms with Gasteiger partial charge in [0.05, 0.1) is 0 Å². The second-order valence-corrected chi connectivity index (χ2v) is 3.94. The first-order valence-electron chi connectivity index (χ1n) is 5.51. The predicted octanol–water partition coefficient (Wildman–Crippen LogP) is 1.23. The molecule has 0 saturated carbocycles. The Kier molecular flexibility index (Phi) is 5.17. The average molecular weight is 221 g/mol. The van der Waals surface area contributed by atoms with Gasteiger partial charge in [-0.2, -0.15) is 0 Å². The Labute approximate surface area is 92.6 Å². The fraction of sp³-hybridized carbons (Fsp3) is 1.00. The van der Waals surface area contributed by atoms with Crippen molar-refractivity contribution < 1.29 is 4.74 Å². The average Bonchev–Trinajstić information content (AvgIpc) is 2.67. The van der Waals surface area contributed by atoms with E-state index in [4.69, 9.17) is 4.74 Å². The fourth-order valence-corrected chi connectivity index (χ4v) is 2.42. The normalized spacial score (nSPS) is 34.1. The van der Waals surface area contributed by atoms with Crippen LogP contribution in [-0.4, -0.2) is 43.4 Å². The standard InChI is InChI=1S/C10H20N2O.ClH/c1-2-12-7-3-5-9(12)10-11-6-4-8-13-10;/h9-11H,2-8H2,1H3;1H. The molecule has 84 valence electrons. The summed E-state index contributed by atoms with van der Waals surface area (Å²) in [6.45, 7) is 6.71. The van der Waals surface area contributed by atoms with E-state index in [1.54, 1.807) is 0 Å². The Balaban J connectivity index is 0.000000980. The van der Waals surface area contributed by atoms with E-state index in [-0.39, 0.29) is 12.4 Å². The largest absolute Gasteiger partial charge is 0.362 e. The van der Waals surface area contributed by atoms with Crippen molar-refractivity contribution in [3.05, 3.63) is 0 Å². The molecule has 2 atom stereocenters. The van der Waals surface area contributed by atoms with Crippen molar-refractivity contribution in [3.8, 4) is 0 Å². The molecular weight excluding hydrogens is 200 g/mol. The molecular formula is C10H21ClN2O. The lowest BCUT2D eigenvalue weighted by Gasteiger charge is -2.34. The number of rotatable bonds is 2. The van der Waals surface area contributed by atoms with Gasteiger partial charge in [0.2, 0.25) is 0 Å². The third kappa shape index (κ3) is 2.60. The molecule has 2 fully saturated rings. The zero-order valence-corrected chi connectivity index (χ0v) is 9.68. The summed E-state index contributed by atoms with van der Waals surface area (Å²) < 4.78 is 5.74. The number of hydrogen-bond donors (Lipinski definition) is 1. The van der Waals surface area contributed by atoms with E-state index in [9.17, 15) is 0 Å². The second kappa shape index (κ2) is 5.91. The van der Waals surface area contributed by atoms with Crippen LogP contribution < -0.4 is 5.32 Å². The van der Waals surface area contributed by atoms with Gasteiger partial charge >= 0.3 is 0 Å². The molecule has 4 heteroatoms. The molecule has 1 N–H and O–H groups in total. The van der Waals surface area contributed by atoms with Crippen LogP contribution in [0.15, 0.2) is 0 Å². The molecule has 2 rings (SSSR count). The lowest BCUT2D eigenvalue weighted by atomic mass is 10.1. The van der Waals surface area contributed by atoms with Gasteiger partial charge in [0.25, 0.3) is 0 Å². The van der Waals surface area contributed by atoms with Crippen LogP contribution in [0.1, 0.15) is 26.2 Å². The van der Waals surface area contributed by atoms with Crippen molar-refractivity contribution >= 4 is 12.4 Å². The van der Waals surface area contributed by atoms with Gasteiger partial charge in [-0.15, -0.1) is 12.4 Å². The smallest absolute Gasteiger partial charge is 0.123 e. The Morgan fingerprint density at radius 1 is 1.43 bits per heavy atom. The molecule has 0 aromatic heterocycles. The molecule has 0 bridgehead atoms. The molecule has 3 nitrogen and oxygen atoms in total. The SMILES string of the molecule is CCN1CCCC1C1NCCCO1.Cl. The topological polar surface area (TPSA) is 24.5 Å². The highest BCUT2D eigenvalue weighted by Gasteiger charge is 2.31. The van der Waals surface area contributed by atoms with E-state index in [1.165, 1.54) is 19.4 Å². The van der Waals surface area contributed by atoms with Crippen molar-refractivity contribution in [2.24, 2.45) is 0 Å². The first-order valence-corrected chi connectivity index (χ1v) is 5.51. The highest BCUT2D eigenvalue weighted by atomic mass is 35.5. The van der Waals surface area contributed by atoms with E-state index in [0.29, 0.717) is 12.3 Å². The van der Waals surface area contributed by atoms with Crippen LogP contribution in [-0.2, 0) is 4.74 Å². The van der Waals surface area contributed by atoms with Crippen molar-refractivity contribution in [2.75, 3.05) is 26.2 Å². The number of hydrogen-bond acceptors (Lipinski definition) is 3. The highest BCUT2D eigenvalue weighted by molar-refractivity contribution is 5.85. The zero-order chi connectivity index (χ0) is 9.10. The van der Waals surface area contributed by atoms with Gasteiger partial charge in [0.15, 0.2) is 0 Å². The molecule has 0 radical (unpaired) electrons. The quantitative estimate of drug-likeness (QED) is 0.758. The van der Waals surface area contributed by atoms with Crippen molar-refractivity contribution in [2.45, 2.75) is 38.5 Å². The van der Waals surface area contributed by atoms with E-state index in [2.05, 4.69) is 17.1 Å². The molecule has 14 heavy (non-hydrogen) atoms. The van der Waals surface area contributed by atoms with Gasteiger partial charge in [-0.3, -0.25) is 10.2 Å². The van der Waals surface area contributed by atoms with E-state index >= 15 is 0 Å². The maximum absolute atomic E-state index is 5.74. The lowest BCUT2D eigenvalue weighted by Crippen LogP contribution is -2.51. The molecule has 2 aliphatic heterocycles. The zero-order valence-electron chi connectivity index (χ0n) is 8.87. The van der Waals surface area contributed by atoms with Crippen molar-refractivity contribution in [1.29, 1.82) is 0 Å². The molecule has 0 aliphatic carbocycles. The number of ether oxygens (including phenoxy) is 1. The maximum Gasteiger partial charge on any atom is 0.123 e. The Hall–Kier alpha value is 0.170. The number of likely N-dealkylation sites (N-methyl/N-ethyl adjacent to an activating group) is 1. The molecule has 0 amide bonds. The minimum atomic E-state index is 0. The first kappa shape index (κ1) is 12.2. The molecule has 0 spiro atoms. The number of nitrogens with zero attached hydrogens (tertiary/aromatic N) is 1. The Morgan fingerprint density at radius 2 is 2.29 bits per heavy atom. The molecule has 0 aromatic carbocycles. The van der Waals surface area contributed by atoms with E-state index in [0.717, 1.165) is 26.1 Å². The van der Waals surface area contributed by atoms with Gasteiger partial charge in [-0.1, -0.05) is 6.92 Å². The number of nitrogens with one attached hydrogen (secondary N) is 1. The predicted molar refractivity (Wildman–Crippen MR) is 59.9 cm³/mol. The summed E-state index contributed by atoms with van der Waals surface area (Å²) >= 11 is 0. The fourth-order valence-electron chi connectivity index (χ4n) is 2.42. The van der Waals surface area contributed by atoms with Crippen LogP contribution in [0.5, 0.6) is 0 Å². The first-order chi connectivity index (χ1) is 6.42. The van der Waals surface area contributed by atoms with Gasteiger partial charge in [0, 0.05) is 12.6 Å². The van der Waals surface area contributed by atoms with Crippen LogP contribution in [0.25, 0.3) is 0 Å². The molecule has 0 aromatic rings. The van der Waals surface area contributed by atoms with Crippen LogP contribution in [0, 0.1) is 0 Å². The second-order valence-electron chi connectivity index (χ2n) is 3.94. The number of halogens is 1. The van der Waals surface area contributed by atoms with Gasteiger partial charge in [-0.25, -0.2) is 0 Å². The van der Waals surface area contributed by atoms with Crippen molar-refractivity contribution in [3.63, 3.8) is 0 Å². The minimum absolute atomic E-state index is 0. The summed E-state index contributed by atoms with van der Waals surface area (Å²) in [5.41, 5.74) is 0.